The largest absolute Gasteiger partial charge is 0.374 e. The number of hydrogen-bond donors (Lipinski definition) is 0. The lowest BCUT2D eigenvalue weighted by atomic mass is 9.92. The van der Waals surface area contributed by atoms with Crippen LogP contribution in [-0.4, -0.2) is 7.11 Å². The van der Waals surface area contributed by atoms with Crippen molar-refractivity contribution in [2.45, 2.75) is 31.3 Å². The van der Waals surface area contributed by atoms with Gasteiger partial charge in [-0.25, -0.2) is 0 Å². The van der Waals surface area contributed by atoms with E-state index in [1.807, 2.05) is 7.11 Å². The number of methoxy groups -OCH3 is 1. The number of rotatable bonds is 2. The third kappa shape index (κ3) is 1.73. The van der Waals surface area contributed by atoms with E-state index in [9.17, 15) is 0 Å². The first-order valence-corrected chi connectivity index (χ1v) is 5.87. The Hall–Kier alpha value is -0.340. The highest BCUT2D eigenvalue weighted by Gasteiger charge is 2.35. The van der Waals surface area contributed by atoms with Gasteiger partial charge in [0.25, 0.3) is 0 Å². The molecular weight excluding hydrogens is 240 g/mol. The smallest absolute Gasteiger partial charge is 0.0927 e. The molecule has 0 N–H and O–H groups in total. The van der Waals surface area contributed by atoms with Crippen LogP contribution in [0.15, 0.2) is 28.7 Å². The van der Waals surface area contributed by atoms with Gasteiger partial charge in [-0.3, -0.25) is 0 Å². The average molecular weight is 255 g/mol. The topological polar surface area (TPSA) is 9.23 Å². The molecule has 1 aromatic rings. The number of halogens is 1. The van der Waals surface area contributed by atoms with Crippen LogP contribution >= 0.6 is 15.9 Å². The second kappa shape index (κ2) is 4.03. The van der Waals surface area contributed by atoms with Crippen molar-refractivity contribution in [1.82, 2.24) is 0 Å². The molecule has 0 spiro atoms. The molecule has 1 fully saturated rings. The quantitative estimate of drug-likeness (QED) is 0.779. The Balaban J connectivity index is 2.35. The summed E-state index contributed by atoms with van der Waals surface area (Å²) in [6.45, 7) is 0. The molecule has 1 nitrogen and oxygen atoms in total. The SMILES string of the molecule is COC1(c2cccc(Br)c2)CCCC1. The zero-order valence-electron chi connectivity index (χ0n) is 8.42. The van der Waals surface area contributed by atoms with Gasteiger partial charge in [-0.15, -0.1) is 0 Å². The van der Waals surface area contributed by atoms with Crippen LogP contribution in [0.2, 0.25) is 0 Å². The molecule has 0 heterocycles. The molecule has 2 rings (SSSR count). The summed E-state index contributed by atoms with van der Waals surface area (Å²) < 4.78 is 6.86. The third-order valence-corrected chi connectivity index (χ3v) is 3.65. The normalized spacial score (nSPS) is 19.9. The number of hydrogen-bond acceptors (Lipinski definition) is 1. The van der Waals surface area contributed by atoms with Crippen molar-refractivity contribution in [3.63, 3.8) is 0 Å². The van der Waals surface area contributed by atoms with Crippen LogP contribution < -0.4 is 0 Å². The van der Waals surface area contributed by atoms with E-state index < -0.39 is 0 Å². The van der Waals surface area contributed by atoms with E-state index in [4.69, 9.17) is 4.74 Å². The highest BCUT2D eigenvalue weighted by atomic mass is 79.9. The van der Waals surface area contributed by atoms with E-state index >= 15 is 0 Å². The van der Waals surface area contributed by atoms with Crippen LogP contribution in [0.1, 0.15) is 31.2 Å². The fraction of sp³-hybridized carbons (Fsp3) is 0.500. The highest BCUT2D eigenvalue weighted by molar-refractivity contribution is 9.10. The molecule has 2 heteroatoms. The van der Waals surface area contributed by atoms with Gasteiger partial charge < -0.3 is 4.74 Å². The van der Waals surface area contributed by atoms with Crippen LogP contribution in [0, 0.1) is 0 Å². The second-order valence-electron chi connectivity index (χ2n) is 3.92. The van der Waals surface area contributed by atoms with Gasteiger partial charge in [0.1, 0.15) is 0 Å². The van der Waals surface area contributed by atoms with Gasteiger partial charge in [-0.05, 0) is 30.5 Å². The van der Waals surface area contributed by atoms with Gasteiger partial charge in [0.15, 0.2) is 0 Å². The van der Waals surface area contributed by atoms with Crippen molar-refractivity contribution in [3.8, 4) is 0 Å². The maximum Gasteiger partial charge on any atom is 0.0927 e. The molecule has 14 heavy (non-hydrogen) atoms. The summed E-state index contributed by atoms with van der Waals surface area (Å²) in [6, 6.07) is 8.48. The molecule has 0 unspecified atom stereocenters. The second-order valence-corrected chi connectivity index (χ2v) is 4.83. The first-order valence-electron chi connectivity index (χ1n) is 5.08. The molecule has 0 radical (unpaired) electrons. The monoisotopic (exact) mass is 254 g/mol. The number of benzene rings is 1. The molecule has 1 saturated carbocycles. The van der Waals surface area contributed by atoms with Crippen molar-refractivity contribution in [2.24, 2.45) is 0 Å². The van der Waals surface area contributed by atoms with Crippen molar-refractivity contribution in [3.05, 3.63) is 34.3 Å². The van der Waals surface area contributed by atoms with Crippen LogP contribution in [-0.2, 0) is 10.3 Å². The summed E-state index contributed by atoms with van der Waals surface area (Å²) in [7, 11) is 1.83. The average Bonchev–Trinajstić information content (AvgIpc) is 2.67. The highest BCUT2D eigenvalue weighted by Crippen LogP contribution is 2.42. The van der Waals surface area contributed by atoms with Gasteiger partial charge in [-0.1, -0.05) is 40.9 Å². The number of ether oxygens (including phenoxy) is 1. The third-order valence-electron chi connectivity index (χ3n) is 3.15. The summed E-state index contributed by atoms with van der Waals surface area (Å²) in [5.41, 5.74) is 1.30. The minimum atomic E-state index is -0.0101. The van der Waals surface area contributed by atoms with E-state index in [-0.39, 0.29) is 5.60 Å². The molecule has 0 atom stereocenters. The van der Waals surface area contributed by atoms with Gasteiger partial charge >= 0.3 is 0 Å². The predicted octanol–water partition coefficient (Wildman–Crippen LogP) is 3.86. The molecule has 1 aliphatic rings. The maximum atomic E-state index is 5.72. The fourth-order valence-electron chi connectivity index (χ4n) is 2.33. The zero-order valence-corrected chi connectivity index (χ0v) is 10.0. The Morgan fingerprint density at radius 3 is 2.57 bits per heavy atom. The van der Waals surface area contributed by atoms with Crippen LogP contribution in [0.4, 0.5) is 0 Å². The lowest BCUT2D eigenvalue weighted by Gasteiger charge is -2.28. The fourth-order valence-corrected chi connectivity index (χ4v) is 2.73. The Morgan fingerprint density at radius 2 is 2.00 bits per heavy atom. The Bertz CT molecular complexity index is 316. The van der Waals surface area contributed by atoms with Crippen molar-refractivity contribution < 1.29 is 4.74 Å². The molecule has 0 amide bonds. The van der Waals surface area contributed by atoms with E-state index in [0.717, 1.165) is 17.3 Å². The Morgan fingerprint density at radius 1 is 1.29 bits per heavy atom. The molecule has 76 valence electrons. The van der Waals surface area contributed by atoms with Gasteiger partial charge in [-0.2, -0.15) is 0 Å². The summed E-state index contributed by atoms with van der Waals surface area (Å²) in [5, 5.41) is 0. The van der Waals surface area contributed by atoms with Gasteiger partial charge in [0.2, 0.25) is 0 Å². The minimum absolute atomic E-state index is 0.0101. The molecule has 1 aliphatic carbocycles. The molecule has 0 bridgehead atoms. The van der Waals surface area contributed by atoms with Crippen molar-refractivity contribution in [2.75, 3.05) is 7.11 Å². The van der Waals surface area contributed by atoms with Gasteiger partial charge in [0, 0.05) is 11.6 Å². The Labute approximate surface area is 93.6 Å². The molecule has 1 aromatic carbocycles. The van der Waals surface area contributed by atoms with Crippen molar-refractivity contribution in [1.29, 1.82) is 0 Å². The van der Waals surface area contributed by atoms with E-state index in [0.29, 0.717) is 0 Å². The Kier molecular flexibility index (Phi) is 2.93. The van der Waals surface area contributed by atoms with Crippen LogP contribution in [0.5, 0.6) is 0 Å². The summed E-state index contributed by atoms with van der Waals surface area (Å²) in [4.78, 5) is 0. The summed E-state index contributed by atoms with van der Waals surface area (Å²) in [6.07, 6.45) is 4.86. The molecular formula is C12H15BrO. The minimum Gasteiger partial charge on any atom is -0.374 e. The summed E-state index contributed by atoms with van der Waals surface area (Å²) >= 11 is 3.51. The first-order chi connectivity index (χ1) is 6.77. The first kappa shape index (κ1) is 10.2. The van der Waals surface area contributed by atoms with Gasteiger partial charge in [0.05, 0.1) is 5.60 Å². The lowest BCUT2D eigenvalue weighted by Crippen LogP contribution is -2.24. The zero-order chi connectivity index (χ0) is 10.0. The van der Waals surface area contributed by atoms with E-state index in [2.05, 4.69) is 40.2 Å². The van der Waals surface area contributed by atoms with Crippen molar-refractivity contribution >= 4 is 15.9 Å². The molecule has 0 aromatic heterocycles. The van der Waals surface area contributed by atoms with E-state index in [1.54, 1.807) is 0 Å². The van der Waals surface area contributed by atoms with Crippen LogP contribution in [0.25, 0.3) is 0 Å². The lowest BCUT2D eigenvalue weighted by molar-refractivity contribution is -0.00874. The standard InChI is InChI=1S/C12H15BrO/c1-14-12(7-2-3-8-12)10-5-4-6-11(13)9-10/h4-6,9H,2-3,7-8H2,1H3. The maximum absolute atomic E-state index is 5.72. The molecule has 0 aliphatic heterocycles. The predicted molar refractivity (Wildman–Crippen MR) is 61.3 cm³/mol. The van der Waals surface area contributed by atoms with E-state index in [1.165, 1.54) is 18.4 Å². The summed E-state index contributed by atoms with van der Waals surface area (Å²) in [5.74, 6) is 0. The molecule has 0 saturated heterocycles. The van der Waals surface area contributed by atoms with Crippen LogP contribution in [0.3, 0.4) is 0 Å².